The Bertz CT molecular complexity index is 1110. The molecule has 9 heteroatoms. The number of nitrogens with one attached hydrogen (secondary N) is 1. The number of piperidine rings is 1. The average molecular weight is 483 g/mol. The molecular weight excluding hydrogens is 453 g/mol. The van der Waals surface area contributed by atoms with Gasteiger partial charge in [-0.25, -0.2) is 8.42 Å². The van der Waals surface area contributed by atoms with Gasteiger partial charge in [-0.3, -0.25) is 4.79 Å². The molecule has 0 spiro atoms. The quantitative estimate of drug-likeness (QED) is 0.659. The van der Waals surface area contributed by atoms with Crippen LogP contribution in [-0.2, 0) is 21.0 Å². The molecule has 0 radical (unpaired) electrons. The number of aryl methyl sites for hydroxylation is 3. The lowest BCUT2D eigenvalue weighted by Gasteiger charge is -2.32. The molecule has 1 saturated heterocycles. The number of sulfonamides is 1. The van der Waals surface area contributed by atoms with E-state index in [-0.39, 0.29) is 19.0 Å². The summed E-state index contributed by atoms with van der Waals surface area (Å²) in [6.45, 7) is 7.54. The van der Waals surface area contributed by atoms with E-state index in [4.69, 9.17) is 0 Å². The molecule has 1 N–H and O–H groups in total. The van der Waals surface area contributed by atoms with Gasteiger partial charge in [0.05, 0.1) is 16.5 Å². The zero-order valence-electron chi connectivity index (χ0n) is 19.2. The Balaban J connectivity index is 1.65. The first-order chi connectivity index (χ1) is 15.3. The summed E-state index contributed by atoms with van der Waals surface area (Å²) in [6, 6.07) is 7.98. The Hall–Kier alpha value is -2.39. The van der Waals surface area contributed by atoms with Crippen LogP contribution in [0.2, 0.25) is 0 Å². The Kier molecular flexibility index (Phi) is 7.24. The van der Waals surface area contributed by atoms with E-state index in [0.29, 0.717) is 34.4 Å². The van der Waals surface area contributed by atoms with Crippen LogP contribution in [0.1, 0.15) is 53.6 Å². The molecule has 3 rings (SSSR count). The lowest BCUT2D eigenvalue weighted by Crippen LogP contribution is -2.43. The van der Waals surface area contributed by atoms with Crippen molar-refractivity contribution in [3.8, 4) is 0 Å². The molecule has 2 aromatic carbocycles. The van der Waals surface area contributed by atoms with E-state index in [2.05, 4.69) is 5.32 Å². The fraction of sp³-hybridized carbons (Fsp3) is 0.458. The number of halogens is 3. The van der Waals surface area contributed by atoms with Crippen LogP contribution in [0.4, 0.5) is 13.2 Å². The van der Waals surface area contributed by atoms with Crippen molar-refractivity contribution in [2.24, 2.45) is 5.92 Å². The number of rotatable bonds is 5. The van der Waals surface area contributed by atoms with Crippen LogP contribution in [0.25, 0.3) is 0 Å². The number of carbonyl (C=O) groups excluding carboxylic acids is 1. The smallest absolute Gasteiger partial charge is 0.349 e. The van der Waals surface area contributed by atoms with Crippen molar-refractivity contribution in [2.75, 3.05) is 13.1 Å². The fourth-order valence-electron chi connectivity index (χ4n) is 4.46. The second-order valence-electron chi connectivity index (χ2n) is 8.76. The third-order valence-electron chi connectivity index (χ3n) is 6.10. The normalized spacial score (nSPS) is 17.1. The maximum Gasteiger partial charge on any atom is 0.416 e. The molecule has 5 nitrogen and oxygen atoms in total. The molecule has 0 aliphatic carbocycles. The number of hydrogen-bond donors (Lipinski definition) is 1. The highest BCUT2D eigenvalue weighted by Crippen LogP contribution is 2.32. The first-order valence-corrected chi connectivity index (χ1v) is 12.3. The van der Waals surface area contributed by atoms with E-state index < -0.39 is 33.7 Å². The van der Waals surface area contributed by atoms with Gasteiger partial charge in [0.1, 0.15) is 0 Å². The minimum Gasteiger partial charge on any atom is -0.349 e. The number of carbonyl (C=O) groups is 1. The molecule has 2 aromatic rings. The van der Waals surface area contributed by atoms with Gasteiger partial charge in [0.15, 0.2) is 0 Å². The Morgan fingerprint density at radius 3 is 2.18 bits per heavy atom. The minimum absolute atomic E-state index is 0.213. The van der Waals surface area contributed by atoms with E-state index in [1.54, 1.807) is 26.8 Å². The van der Waals surface area contributed by atoms with Gasteiger partial charge in [-0.15, -0.1) is 0 Å². The van der Waals surface area contributed by atoms with E-state index in [9.17, 15) is 26.4 Å². The molecule has 1 aliphatic rings. The van der Waals surface area contributed by atoms with Crippen molar-refractivity contribution in [3.63, 3.8) is 0 Å². The first-order valence-electron chi connectivity index (χ1n) is 10.9. The predicted molar refractivity (Wildman–Crippen MR) is 120 cm³/mol. The molecule has 0 aromatic heterocycles. The van der Waals surface area contributed by atoms with Gasteiger partial charge in [0.25, 0.3) is 0 Å². The zero-order valence-corrected chi connectivity index (χ0v) is 20.0. The Morgan fingerprint density at radius 1 is 1.06 bits per heavy atom. The van der Waals surface area contributed by atoms with Crippen molar-refractivity contribution in [1.29, 1.82) is 0 Å². The van der Waals surface area contributed by atoms with Crippen LogP contribution in [-0.4, -0.2) is 31.7 Å². The van der Waals surface area contributed by atoms with Crippen LogP contribution in [0.5, 0.6) is 0 Å². The molecular formula is C24H29F3N2O3S. The maximum atomic E-state index is 13.2. The lowest BCUT2D eigenvalue weighted by molar-refractivity contribution is -0.137. The minimum atomic E-state index is -4.45. The zero-order chi connectivity index (χ0) is 24.6. The number of hydrogen-bond acceptors (Lipinski definition) is 3. The van der Waals surface area contributed by atoms with E-state index >= 15 is 0 Å². The largest absolute Gasteiger partial charge is 0.416 e. The van der Waals surface area contributed by atoms with Gasteiger partial charge in [-0.1, -0.05) is 29.8 Å². The molecule has 1 amide bonds. The predicted octanol–water partition coefficient (Wildman–Crippen LogP) is 4.91. The summed E-state index contributed by atoms with van der Waals surface area (Å²) in [7, 11) is -3.68. The monoisotopic (exact) mass is 482 g/mol. The molecule has 0 bridgehead atoms. The molecule has 1 heterocycles. The van der Waals surface area contributed by atoms with E-state index in [0.717, 1.165) is 17.7 Å². The summed E-state index contributed by atoms with van der Waals surface area (Å²) < 4.78 is 66.8. The van der Waals surface area contributed by atoms with Crippen LogP contribution in [0.3, 0.4) is 0 Å². The first kappa shape index (κ1) is 25.2. The highest BCUT2D eigenvalue weighted by molar-refractivity contribution is 7.89. The highest BCUT2D eigenvalue weighted by Gasteiger charge is 2.34. The topological polar surface area (TPSA) is 66.5 Å². The van der Waals surface area contributed by atoms with Gasteiger partial charge in [-0.2, -0.15) is 17.5 Å². The van der Waals surface area contributed by atoms with Gasteiger partial charge in [-0.05, 0) is 69.4 Å². The molecule has 33 heavy (non-hydrogen) atoms. The molecule has 1 atom stereocenters. The van der Waals surface area contributed by atoms with Crippen molar-refractivity contribution in [3.05, 3.63) is 64.2 Å². The van der Waals surface area contributed by atoms with Crippen LogP contribution < -0.4 is 5.32 Å². The van der Waals surface area contributed by atoms with Gasteiger partial charge in [0.2, 0.25) is 15.9 Å². The molecule has 1 fully saturated rings. The van der Waals surface area contributed by atoms with E-state index in [1.807, 2.05) is 19.1 Å². The summed E-state index contributed by atoms with van der Waals surface area (Å²) in [4.78, 5) is 13.0. The summed E-state index contributed by atoms with van der Waals surface area (Å²) in [6.07, 6.45) is -3.75. The van der Waals surface area contributed by atoms with Crippen LogP contribution in [0.15, 0.2) is 41.3 Å². The standard InChI is InChI=1S/C24H29F3N2O3S/c1-15-12-16(2)22(17(3)13-15)33(31,32)29-10-8-19(9-11-29)23(30)28-18(4)20-6-5-7-21(14-20)24(25,26)27/h5-7,12-14,18-19H,8-11H2,1-4H3,(H,28,30). The average Bonchev–Trinajstić information content (AvgIpc) is 2.72. The SMILES string of the molecule is Cc1cc(C)c(S(=O)(=O)N2CCC(C(=O)NC(C)c3cccc(C(F)(F)F)c3)CC2)c(C)c1. The Morgan fingerprint density at radius 2 is 1.64 bits per heavy atom. The molecule has 180 valence electrons. The summed E-state index contributed by atoms with van der Waals surface area (Å²) in [5.74, 6) is -0.676. The number of nitrogens with zero attached hydrogens (tertiary/aromatic N) is 1. The van der Waals surface area contributed by atoms with Crippen molar-refractivity contribution >= 4 is 15.9 Å². The second-order valence-corrected chi connectivity index (χ2v) is 10.6. The van der Waals surface area contributed by atoms with Crippen molar-refractivity contribution < 1.29 is 26.4 Å². The molecule has 1 unspecified atom stereocenters. The molecule has 1 aliphatic heterocycles. The van der Waals surface area contributed by atoms with Crippen molar-refractivity contribution in [2.45, 2.75) is 57.7 Å². The van der Waals surface area contributed by atoms with Gasteiger partial charge < -0.3 is 5.32 Å². The van der Waals surface area contributed by atoms with Gasteiger partial charge in [0, 0.05) is 19.0 Å². The van der Waals surface area contributed by atoms with E-state index in [1.165, 1.54) is 10.4 Å². The summed E-state index contributed by atoms with van der Waals surface area (Å²) >= 11 is 0. The lowest BCUT2D eigenvalue weighted by atomic mass is 9.96. The van der Waals surface area contributed by atoms with Gasteiger partial charge >= 0.3 is 6.18 Å². The third-order valence-corrected chi connectivity index (χ3v) is 8.30. The summed E-state index contributed by atoms with van der Waals surface area (Å²) in [5.41, 5.74) is 1.99. The second kappa shape index (κ2) is 9.46. The summed E-state index contributed by atoms with van der Waals surface area (Å²) in [5, 5.41) is 2.78. The van der Waals surface area contributed by atoms with Crippen LogP contribution in [0, 0.1) is 26.7 Å². The number of alkyl halides is 3. The Labute approximate surface area is 193 Å². The number of benzene rings is 2. The fourth-order valence-corrected chi connectivity index (χ4v) is 6.34. The molecule has 0 saturated carbocycles. The maximum absolute atomic E-state index is 13.2. The highest BCUT2D eigenvalue weighted by atomic mass is 32.2. The number of amides is 1. The van der Waals surface area contributed by atoms with Crippen molar-refractivity contribution in [1.82, 2.24) is 9.62 Å². The third kappa shape index (κ3) is 5.58. The van der Waals surface area contributed by atoms with Crippen LogP contribution >= 0.6 is 0 Å².